The molecule has 1 heterocycles. The molecule has 0 bridgehead atoms. The van der Waals surface area contributed by atoms with E-state index in [2.05, 4.69) is 0 Å². The number of furan rings is 1. The van der Waals surface area contributed by atoms with Crippen LogP contribution in [0.25, 0.3) is 88.0 Å². The van der Waals surface area contributed by atoms with Gasteiger partial charge >= 0.3 is 0 Å². The van der Waals surface area contributed by atoms with Crippen LogP contribution in [0.5, 0.6) is 0 Å². The molecule has 0 aliphatic heterocycles. The zero-order valence-corrected chi connectivity index (χ0v) is 23.3. The molecule has 1 nitrogen and oxygen atoms in total. The van der Waals surface area contributed by atoms with E-state index < -0.39 is 90.2 Å². The summed E-state index contributed by atoms with van der Waals surface area (Å²) in [7, 11) is 0. The first-order valence-corrected chi connectivity index (χ1v) is 14.1. The minimum absolute atomic E-state index is 0.0297. The highest BCUT2D eigenvalue weighted by Crippen LogP contribution is 2.45. The fraction of sp³-hybridized carbons (Fsp3) is 0. The fourth-order valence-corrected chi connectivity index (χ4v) is 5.96. The molecule has 210 valence electrons. The molecule has 1 aromatic heterocycles. The lowest BCUT2D eigenvalue weighted by atomic mass is 9.85. The highest BCUT2D eigenvalue weighted by molar-refractivity contribution is 6.21. The van der Waals surface area contributed by atoms with Gasteiger partial charge in [-0.15, -0.1) is 0 Å². The van der Waals surface area contributed by atoms with Crippen molar-refractivity contribution in [3.05, 3.63) is 169 Å². The van der Waals surface area contributed by atoms with Crippen LogP contribution in [0.1, 0.15) is 21.9 Å². The first-order chi connectivity index (χ1) is 29.0. The van der Waals surface area contributed by atoms with E-state index in [0.717, 1.165) is 0 Å². The Balaban J connectivity index is 1.37. The average molecular weight is 589 g/mol. The van der Waals surface area contributed by atoms with Gasteiger partial charge in [0.25, 0.3) is 0 Å². The molecule has 0 N–H and O–H groups in total. The Morgan fingerprint density at radius 2 is 0.933 bits per heavy atom. The minimum atomic E-state index is -0.649. The maximum Gasteiger partial charge on any atom is 0.135 e. The lowest BCUT2D eigenvalue weighted by molar-refractivity contribution is 0.669. The van der Waals surface area contributed by atoms with Crippen molar-refractivity contribution in [2.75, 3.05) is 0 Å². The molecular formula is C44H28O. The molecule has 0 amide bonds. The second-order valence-electron chi connectivity index (χ2n) is 10.4. The van der Waals surface area contributed by atoms with Crippen LogP contribution in [-0.2, 0) is 0 Å². The summed E-state index contributed by atoms with van der Waals surface area (Å²) >= 11 is 0. The quantitative estimate of drug-likeness (QED) is 0.186. The van der Waals surface area contributed by atoms with Gasteiger partial charge in [-0.25, -0.2) is 0 Å². The Labute approximate surface area is 284 Å². The minimum Gasteiger partial charge on any atom is -0.456 e. The highest BCUT2D eigenvalue weighted by atomic mass is 16.3. The Kier molecular flexibility index (Phi) is 3.28. The zero-order valence-electron chi connectivity index (χ0n) is 39.3. The van der Waals surface area contributed by atoms with Crippen molar-refractivity contribution in [3.63, 3.8) is 0 Å². The van der Waals surface area contributed by atoms with Gasteiger partial charge in [-0.05, 0) is 96.3 Å². The number of para-hydroxylation sites is 1. The average Bonchev–Trinajstić information content (AvgIpc) is 3.67. The Morgan fingerprint density at radius 3 is 1.69 bits per heavy atom. The van der Waals surface area contributed by atoms with E-state index in [1.54, 1.807) is 54.6 Å². The van der Waals surface area contributed by atoms with E-state index >= 15 is 0 Å². The van der Waals surface area contributed by atoms with E-state index in [1.807, 2.05) is 18.2 Å². The van der Waals surface area contributed by atoms with E-state index in [4.69, 9.17) is 22.2 Å². The molecule has 0 aliphatic carbocycles. The fourth-order valence-electron chi connectivity index (χ4n) is 5.96. The second kappa shape index (κ2) is 10.4. The summed E-state index contributed by atoms with van der Waals surface area (Å²) in [5, 5.41) is 1.90. The molecule has 0 atom stereocenters. The Morgan fingerprint density at radius 1 is 0.356 bits per heavy atom. The predicted octanol–water partition coefficient (Wildman–Crippen LogP) is 12.6. The van der Waals surface area contributed by atoms with E-state index in [9.17, 15) is 4.11 Å². The standard InChI is InChI=1S/C44H28O/c1-2-12-29(13-3-1)30-14-10-16-33(26-30)43-36-19-4-6-21-38(36)44(39-22-7-5-20-37(39)43)34-17-11-15-31(27-34)32-24-25-42-40(28-32)35-18-8-9-23-41(35)45-42/h1-28H/i1D,2D,3D,8D,9D,11D,12D,13D,15D,17D,18D,23D,24D,25D,27D,28D. The van der Waals surface area contributed by atoms with Crippen molar-refractivity contribution in [1.82, 2.24) is 0 Å². The van der Waals surface area contributed by atoms with Gasteiger partial charge in [-0.2, -0.15) is 0 Å². The number of hydrogen-bond acceptors (Lipinski definition) is 1. The van der Waals surface area contributed by atoms with Crippen LogP contribution in [0.15, 0.2) is 174 Å². The summed E-state index contributed by atoms with van der Waals surface area (Å²) in [5.74, 6) is 0. The molecule has 0 spiro atoms. The van der Waals surface area contributed by atoms with Crippen molar-refractivity contribution in [3.8, 4) is 44.5 Å². The van der Waals surface area contributed by atoms with Gasteiger partial charge < -0.3 is 4.42 Å². The molecule has 0 saturated carbocycles. The molecular weight excluding hydrogens is 544 g/mol. The largest absolute Gasteiger partial charge is 0.456 e. The first kappa shape index (κ1) is 14.2. The van der Waals surface area contributed by atoms with Crippen molar-refractivity contribution in [2.24, 2.45) is 0 Å². The van der Waals surface area contributed by atoms with Crippen LogP contribution in [0.4, 0.5) is 0 Å². The summed E-state index contributed by atoms with van der Waals surface area (Å²) in [6, 6.07) is 12.9. The summed E-state index contributed by atoms with van der Waals surface area (Å²) in [4.78, 5) is 0. The molecule has 9 aromatic rings. The van der Waals surface area contributed by atoms with Crippen LogP contribution in [-0.4, -0.2) is 0 Å². The third-order valence-electron chi connectivity index (χ3n) is 7.88. The molecule has 45 heavy (non-hydrogen) atoms. The van der Waals surface area contributed by atoms with Gasteiger partial charge in [0.05, 0.1) is 21.9 Å². The molecule has 0 saturated heterocycles. The zero-order chi connectivity index (χ0) is 43.7. The normalized spacial score (nSPS) is 16.5. The van der Waals surface area contributed by atoms with Crippen molar-refractivity contribution < 1.29 is 26.3 Å². The van der Waals surface area contributed by atoms with Crippen LogP contribution < -0.4 is 0 Å². The van der Waals surface area contributed by atoms with Gasteiger partial charge in [0.15, 0.2) is 0 Å². The van der Waals surface area contributed by atoms with Crippen LogP contribution in [0.2, 0.25) is 0 Å². The van der Waals surface area contributed by atoms with E-state index in [-0.39, 0.29) is 50.7 Å². The topological polar surface area (TPSA) is 13.1 Å². The monoisotopic (exact) mass is 588 g/mol. The summed E-state index contributed by atoms with van der Waals surface area (Å²) in [5.41, 5.74) is 0.516. The first-order valence-electron chi connectivity index (χ1n) is 22.1. The summed E-state index contributed by atoms with van der Waals surface area (Å²) in [6.07, 6.45) is 0. The smallest absolute Gasteiger partial charge is 0.135 e. The summed E-state index contributed by atoms with van der Waals surface area (Å²) < 4.78 is 146. The molecule has 0 aliphatic rings. The van der Waals surface area contributed by atoms with Crippen LogP contribution in [0, 0.1) is 0 Å². The lowest BCUT2D eigenvalue weighted by Gasteiger charge is -2.18. The number of benzene rings is 8. The van der Waals surface area contributed by atoms with Gasteiger partial charge in [0.1, 0.15) is 11.2 Å². The highest BCUT2D eigenvalue weighted by Gasteiger charge is 2.17. The maximum atomic E-state index is 9.74. The van der Waals surface area contributed by atoms with E-state index in [0.29, 0.717) is 43.8 Å². The molecule has 0 fully saturated rings. The molecule has 1 heteroatoms. The van der Waals surface area contributed by atoms with Crippen molar-refractivity contribution in [1.29, 1.82) is 0 Å². The molecule has 9 rings (SSSR count). The molecule has 0 unspecified atom stereocenters. The number of rotatable bonds is 4. The van der Waals surface area contributed by atoms with Gasteiger partial charge in [0, 0.05) is 10.8 Å². The third kappa shape index (κ3) is 4.24. The Bertz CT molecular complexity index is 3360. The maximum absolute atomic E-state index is 9.74. The van der Waals surface area contributed by atoms with Gasteiger partial charge in [-0.3, -0.25) is 0 Å². The SMILES string of the molecule is [2H]c1c([2H])c([2H])c(-c2cccc(-c3c4ccccc4c(-c4c([2H])c([2H])c([2H])c(-c5c([2H])c([2H])c6oc7c([2H])c([2H])c([2H])c([2H])c7c6c5[2H])c4[2H])c4ccccc34)c2)c([2H])c1[2H]. The Hall–Kier alpha value is -5.92. The lowest BCUT2D eigenvalue weighted by Crippen LogP contribution is -1.91. The third-order valence-corrected chi connectivity index (χ3v) is 7.88. The van der Waals surface area contributed by atoms with Gasteiger partial charge in [0.2, 0.25) is 0 Å². The van der Waals surface area contributed by atoms with Crippen molar-refractivity contribution in [2.45, 2.75) is 0 Å². The van der Waals surface area contributed by atoms with Crippen molar-refractivity contribution >= 4 is 43.5 Å². The summed E-state index contributed by atoms with van der Waals surface area (Å²) in [6.45, 7) is 0. The number of fused-ring (bicyclic) bond motifs is 5. The molecule has 8 aromatic carbocycles. The van der Waals surface area contributed by atoms with E-state index in [1.165, 1.54) is 0 Å². The number of hydrogen-bond donors (Lipinski definition) is 0. The van der Waals surface area contributed by atoms with Gasteiger partial charge in [-0.1, -0.05) is 139 Å². The molecule has 0 radical (unpaired) electrons. The predicted molar refractivity (Wildman–Crippen MR) is 190 cm³/mol. The second-order valence-corrected chi connectivity index (χ2v) is 10.4. The van der Waals surface area contributed by atoms with Crippen LogP contribution >= 0.6 is 0 Å². The van der Waals surface area contributed by atoms with Crippen LogP contribution in [0.3, 0.4) is 0 Å².